The van der Waals surface area contributed by atoms with Crippen LogP contribution in [0.5, 0.6) is 51.7 Å². The standard InChI is InChI=1S/C83H88Cl2F3N13O27/c1-32(2)20-47(91-5)73(114)98-62-64(107)37-11-18-51(45(84)22-37)123-53-24-39-25-54(68(53)127-81-69(67(110)66(109)55(31-102)125-81)126-57-29-82(4,70(111)33(3)122-57)92-30-34-6-13-40(14-7-34)93-72(113)35-8-15-42(16-9-35)128-83(86,87)88)124-52-19-12-38(23-46(52)85)65(108)63-78(119)97-61(79(120)100-101-80(121)71(90)112)44-26-41(103)27-50(105)58(44)43-21-36(10-17-49(43)104)59(75(116)99-63)96-76(117)60(39)95-74(115)48(28-56(89)106)94-77(62)118/h6-19,21-27,32-33,47-48,55,57,59-67,69-70,81,91-92,102-105,107-111H,20,28-31H2,1-5H3,(H2,89,106)(H2,90,112)(H,93,113)(H,94,118)(H,95,115)(H,96,117)(H,97,119)(H,98,114)(H,99,116)(H,100,120)(H,101,121). The molecule has 0 aliphatic carbocycles. The summed E-state index contributed by atoms with van der Waals surface area (Å²) in [6, 6.07) is 8.61. The Kier molecular flexibility index (Phi) is 28.9. The Labute approximate surface area is 733 Å². The number of hydrogen-bond donors (Lipinski definition) is 22. The maximum atomic E-state index is 16.3. The lowest BCUT2D eigenvalue weighted by Gasteiger charge is -2.48. The lowest BCUT2D eigenvalue weighted by molar-refractivity contribution is -0.334. The second-order valence-electron chi connectivity index (χ2n) is 31.2. The first-order chi connectivity index (χ1) is 60.5. The number of aliphatic hydroxyl groups excluding tert-OH is 6. The van der Waals surface area contributed by atoms with Gasteiger partial charge in [0.25, 0.3) is 11.8 Å². The number of benzene rings is 7. The highest BCUT2D eigenvalue weighted by molar-refractivity contribution is 6.34. The van der Waals surface area contributed by atoms with Crippen molar-refractivity contribution >= 4 is 93.9 Å². The number of anilines is 1. The van der Waals surface area contributed by atoms with Gasteiger partial charge in [-0.25, -0.2) is 0 Å². The quantitative estimate of drug-likeness (QED) is 0.0404. The molecule has 0 spiro atoms. The van der Waals surface area contributed by atoms with Gasteiger partial charge in [0.05, 0.1) is 41.3 Å². The van der Waals surface area contributed by atoms with E-state index >= 15 is 24.0 Å². The number of nitrogens with two attached hydrogens (primary N) is 2. The van der Waals surface area contributed by atoms with E-state index in [2.05, 4.69) is 52.6 Å². The van der Waals surface area contributed by atoms with Crippen molar-refractivity contribution in [1.82, 2.24) is 53.4 Å². The molecule has 128 heavy (non-hydrogen) atoms. The zero-order valence-corrected chi connectivity index (χ0v) is 69.5. The van der Waals surface area contributed by atoms with Crippen LogP contribution in [-0.2, 0) is 68.7 Å². The highest BCUT2D eigenvalue weighted by Crippen LogP contribution is 2.50. The monoisotopic (exact) mass is 1830 g/mol. The molecule has 0 aromatic heterocycles. The number of nitrogens with one attached hydrogen (secondary N) is 11. The Balaban J connectivity index is 1.00. The molecular weight excluding hydrogens is 1740 g/mol. The number of likely N-dealkylation sites (N-methyl/N-ethyl adjacent to an activating group) is 1. The van der Waals surface area contributed by atoms with Crippen LogP contribution < -0.4 is 89.1 Å². The van der Waals surface area contributed by atoms with E-state index in [-0.39, 0.29) is 47.7 Å². The van der Waals surface area contributed by atoms with Gasteiger partial charge in [-0.05, 0) is 158 Å². The molecular formula is C83H88Cl2F3N13O27. The summed E-state index contributed by atoms with van der Waals surface area (Å²) in [6.07, 6.45) is -24.9. The number of fused-ring (bicyclic) bond motifs is 15. The molecule has 2 fully saturated rings. The van der Waals surface area contributed by atoms with Gasteiger partial charge in [-0.2, -0.15) is 0 Å². The lowest BCUT2D eigenvalue weighted by Crippen LogP contribution is -2.65. The number of alkyl halides is 3. The summed E-state index contributed by atoms with van der Waals surface area (Å²) in [5.74, 6) is -21.2. The fourth-order valence-corrected chi connectivity index (χ4v) is 15.4. The molecule has 7 heterocycles. The molecule has 45 heteroatoms. The first-order valence-electron chi connectivity index (χ1n) is 39.3. The third-order valence-corrected chi connectivity index (χ3v) is 22.1. The average molecular weight is 1830 g/mol. The topological polar surface area (TPSA) is 619 Å². The van der Waals surface area contributed by atoms with Gasteiger partial charge < -0.3 is 138 Å². The first-order valence-corrected chi connectivity index (χ1v) is 40.1. The number of aromatic hydroxyl groups is 3. The van der Waals surface area contributed by atoms with E-state index in [1.54, 1.807) is 38.3 Å². The van der Waals surface area contributed by atoms with Gasteiger partial charge in [-0.15, -0.1) is 13.2 Å². The van der Waals surface area contributed by atoms with Crippen molar-refractivity contribution in [2.75, 3.05) is 19.0 Å². The van der Waals surface area contributed by atoms with E-state index in [1.165, 1.54) is 32.2 Å². The fourth-order valence-electron chi connectivity index (χ4n) is 14.9. The number of phenols is 3. The second-order valence-corrected chi connectivity index (χ2v) is 32.0. The summed E-state index contributed by atoms with van der Waals surface area (Å²) in [5.41, 5.74) is 10.6. The van der Waals surface area contributed by atoms with Crippen LogP contribution in [-0.4, -0.2) is 210 Å². The summed E-state index contributed by atoms with van der Waals surface area (Å²) in [7, 11) is 1.45. The van der Waals surface area contributed by atoms with Gasteiger partial charge in [0.1, 0.15) is 101 Å². The van der Waals surface area contributed by atoms with Crippen molar-refractivity contribution in [3.8, 4) is 62.9 Å². The van der Waals surface area contributed by atoms with Crippen molar-refractivity contribution in [3.05, 3.63) is 176 Å². The predicted molar refractivity (Wildman–Crippen MR) is 437 cm³/mol. The van der Waals surface area contributed by atoms with E-state index in [0.717, 1.165) is 97.1 Å². The minimum Gasteiger partial charge on any atom is -0.508 e. The number of aliphatic hydroxyl groups is 6. The number of hydrogen-bond acceptors (Lipinski definition) is 29. The van der Waals surface area contributed by atoms with Crippen LogP contribution in [0.2, 0.25) is 10.0 Å². The predicted octanol–water partition coefficient (Wildman–Crippen LogP) is 1.64. The van der Waals surface area contributed by atoms with Crippen LogP contribution >= 0.6 is 23.2 Å². The third-order valence-electron chi connectivity index (χ3n) is 21.5. The minimum absolute atomic E-state index is 0.00308. The van der Waals surface area contributed by atoms with Gasteiger partial charge in [0.2, 0.25) is 53.4 Å². The maximum Gasteiger partial charge on any atom is 0.573 e. The van der Waals surface area contributed by atoms with E-state index in [1.807, 2.05) is 5.43 Å². The van der Waals surface area contributed by atoms with Gasteiger partial charge >= 0.3 is 18.2 Å². The Hall–Kier alpha value is -12.8. The number of amides is 11. The van der Waals surface area contributed by atoms with E-state index in [4.69, 9.17) is 63.1 Å². The molecule has 18 atom stereocenters. The Bertz CT molecular complexity index is 5460. The van der Waals surface area contributed by atoms with Crippen LogP contribution in [0.4, 0.5) is 18.9 Å². The minimum atomic E-state index is -4.96. The number of halogens is 5. The van der Waals surface area contributed by atoms with Crippen molar-refractivity contribution in [3.63, 3.8) is 0 Å². The molecule has 7 aromatic rings. The van der Waals surface area contributed by atoms with Gasteiger partial charge in [-0.1, -0.05) is 67.4 Å². The van der Waals surface area contributed by atoms with E-state index in [0.29, 0.717) is 5.56 Å². The molecule has 0 saturated carbocycles. The summed E-state index contributed by atoms with van der Waals surface area (Å²) >= 11 is 14.3. The maximum absolute atomic E-state index is 16.3. The largest absolute Gasteiger partial charge is 0.573 e. The summed E-state index contributed by atoms with van der Waals surface area (Å²) < 4.78 is 81.7. The van der Waals surface area contributed by atoms with Crippen LogP contribution in [0.25, 0.3) is 11.1 Å². The molecule has 7 aromatic carbocycles. The van der Waals surface area contributed by atoms with Gasteiger partial charge in [-0.3, -0.25) is 63.6 Å². The average Bonchev–Trinajstić information content (AvgIpc) is 0.764. The summed E-state index contributed by atoms with van der Waals surface area (Å²) in [6.45, 7) is 5.62. The number of carbonyl (C=O) groups is 11. The number of hydrazine groups is 1. The molecule has 7 aliphatic heterocycles. The molecule has 2 saturated heterocycles. The zero-order valence-electron chi connectivity index (χ0n) is 68.0. The molecule has 40 nitrogen and oxygen atoms in total. The second kappa shape index (κ2) is 39.2. The molecule has 11 amide bonds. The van der Waals surface area contributed by atoms with Crippen LogP contribution in [0.15, 0.2) is 127 Å². The Morgan fingerprint density at radius 3 is 1.89 bits per heavy atom. The molecule has 18 unspecified atom stereocenters. The fraction of sp³-hybridized carbons (Fsp3) is 0.361. The lowest BCUT2D eigenvalue weighted by atomic mass is 9.84. The van der Waals surface area contributed by atoms with Crippen molar-refractivity contribution in [2.45, 2.75) is 169 Å². The van der Waals surface area contributed by atoms with Crippen molar-refractivity contribution < 1.29 is 145 Å². The molecule has 11 bridgehead atoms. The number of ether oxygens (including phenoxy) is 7. The highest BCUT2D eigenvalue weighted by atomic mass is 35.5. The number of primary amides is 2. The van der Waals surface area contributed by atoms with E-state index in [9.17, 15) is 87.9 Å². The first kappa shape index (κ1) is 94.4. The normalized spacial score (nSPS) is 25.6. The summed E-state index contributed by atoms with van der Waals surface area (Å²) in [5, 5.41) is 129. The highest BCUT2D eigenvalue weighted by Gasteiger charge is 2.53. The molecule has 24 N–H and O–H groups in total. The third kappa shape index (κ3) is 21.6. The Morgan fingerprint density at radius 2 is 1.29 bits per heavy atom. The smallest absolute Gasteiger partial charge is 0.508 e. The molecule has 14 rings (SSSR count). The Morgan fingerprint density at radius 1 is 0.672 bits per heavy atom. The van der Waals surface area contributed by atoms with Gasteiger partial charge in [0, 0.05) is 46.9 Å². The number of carbonyl (C=O) groups excluding carboxylic acids is 11. The van der Waals surface area contributed by atoms with Crippen LogP contribution in [0.3, 0.4) is 0 Å². The SMILES string of the molecule is CNC(CC(C)C)C(=O)NC1C(=O)NC(CC(N)=O)C(=O)NC2C(=O)NC3C(=O)NC(C(=O)NC(C(=O)NNC(=O)C(N)=O)c4cc(O)cc(O)c4-c4cc3ccc4O)C(O)c3ccc(c(Cl)c3)Oc3cc2cc(c3OC2OC(CO)C(O)C(O)C2OC2CC(C)(NCc3ccc(NC(=O)c4ccc(OC(F)(F)F)cc4)cc3)C(O)C(C)O2)Oc2ccc(cc2Cl)C1O. The van der Waals surface area contributed by atoms with Crippen LogP contribution in [0, 0.1) is 5.92 Å². The molecule has 0 radical (unpaired) electrons. The number of phenolic OH excluding ortho intramolecular Hbond substituents is 3. The molecule has 682 valence electrons. The van der Waals surface area contributed by atoms with Crippen molar-refractivity contribution in [1.29, 1.82) is 0 Å². The van der Waals surface area contributed by atoms with Crippen LogP contribution in [0.1, 0.15) is 121 Å². The zero-order chi connectivity index (χ0) is 93.0. The van der Waals surface area contributed by atoms with Crippen molar-refractivity contribution in [2.24, 2.45) is 17.4 Å². The summed E-state index contributed by atoms with van der Waals surface area (Å²) in [4.78, 5) is 157. The molecule has 7 aliphatic rings. The number of rotatable bonds is 19. The van der Waals surface area contributed by atoms with Gasteiger partial charge in [0.15, 0.2) is 23.9 Å². The van der Waals surface area contributed by atoms with E-state index < -0.39 is 283 Å².